The summed E-state index contributed by atoms with van der Waals surface area (Å²) in [5.41, 5.74) is 0.997. The number of aromatic nitrogens is 3. The van der Waals surface area contributed by atoms with Crippen LogP contribution in [0, 0.1) is 0 Å². The second-order valence-electron chi connectivity index (χ2n) is 7.40. The van der Waals surface area contributed by atoms with Gasteiger partial charge in [0.25, 0.3) is 0 Å². The van der Waals surface area contributed by atoms with Gasteiger partial charge < -0.3 is 24.1 Å². The van der Waals surface area contributed by atoms with E-state index in [2.05, 4.69) is 15.0 Å². The highest BCUT2D eigenvalue weighted by molar-refractivity contribution is 7.17. The lowest BCUT2D eigenvalue weighted by atomic mass is 9.97. The van der Waals surface area contributed by atoms with E-state index in [1.807, 2.05) is 18.2 Å². The molecule has 0 amide bonds. The van der Waals surface area contributed by atoms with Crippen LogP contribution in [0.2, 0.25) is 0 Å². The Morgan fingerprint density at radius 2 is 1.87 bits per heavy atom. The Kier molecular flexibility index (Phi) is 5.02. The molecule has 4 heterocycles. The third-order valence-electron chi connectivity index (χ3n) is 5.85. The minimum absolute atomic E-state index is 0.112. The average Bonchev–Trinajstić information content (AvgIpc) is 3.49. The van der Waals surface area contributed by atoms with Gasteiger partial charge in [-0.3, -0.25) is 4.90 Å². The molecule has 0 radical (unpaired) electrons. The Labute approximate surface area is 177 Å². The molecule has 1 unspecified atom stereocenters. The molecule has 30 heavy (non-hydrogen) atoms. The number of aromatic hydroxyl groups is 1. The van der Waals surface area contributed by atoms with Gasteiger partial charge in [-0.2, -0.15) is 9.61 Å². The number of likely N-dealkylation sites (tertiary alicyclic amines) is 1. The second-order valence-corrected chi connectivity index (χ2v) is 8.41. The van der Waals surface area contributed by atoms with Gasteiger partial charge in [0.1, 0.15) is 6.33 Å². The van der Waals surface area contributed by atoms with Crippen LogP contribution in [-0.2, 0) is 9.47 Å². The fourth-order valence-electron chi connectivity index (χ4n) is 4.33. The predicted octanol–water partition coefficient (Wildman–Crippen LogP) is 2.44. The van der Waals surface area contributed by atoms with E-state index >= 15 is 0 Å². The number of methoxy groups -OCH3 is 2. The van der Waals surface area contributed by atoms with E-state index in [9.17, 15) is 5.11 Å². The van der Waals surface area contributed by atoms with Crippen molar-refractivity contribution in [2.75, 3.05) is 40.5 Å². The van der Waals surface area contributed by atoms with Crippen molar-refractivity contribution in [2.45, 2.75) is 24.7 Å². The zero-order chi connectivity index (χ0) is 20.7. The lowest BCUT2D eigenvalue weighted by Crippen LogP contribution is -2.46. The van der Waals surface area contributed by atoms with Crippen molar-refractivity contribution in [3.8, 4) is 17.4 Å². The maximum Gasteiger partial charge on any atom is 0.230 e. The van der Waals surface area contributed by atoms with Crippen molar-refractivity contribution in [3.05, 3.63) is 35.0 Å². The summed E-state index contributed by atoms with van der Waals surface area (Å²) in [6.07, 6.45) is 3.00. The topological polar surface area (TPSA) is 90.6 Å². The van der Waals surface area contributed by atoms with Crippen molar-refractivity contribution in [2.24, 2.45) is 0 Å². The van der Waals surface area contributed by atoms with Gasteiger partial charge in [-0.05, 0) is 17.7 Å². The van der Waals surface area contributed by atoms with E-state index in [1.165, 1.54) is 22.2 Å². The summed E-state index contributed by atoms with van der Waals surface area (Å²) < 4.78 is 24.2. The first-order chi connectivity index (χ1) is 14.6. The lowest BCUT2D eigenvalue weighted by molar-refractivity contribution is -0.187. The van der Waals surface area contributed by atoms with Gasteiger partial charge in [0.15, 0.2) is 17.3 Å². The highest BCUT2D eigenvalue weighted by atomic mass is 32.1. The summed E-state index contributed by atoms with van der Waals surface area (Å²) in [5.74, 6) is 0.958. The summed E-state index contributed by atoms with van der Waals surface area (Å²) >= 11 is 1.44. The Hall–Kier alpha value is -2.40. The summed E-state index contributed by atoms with van der Waals surface area (Å²) in [6.45, 7) is 2.83. The highest BCUT2D eigenvalue weighted by Crippen LogP contribution is 2.44. The molecule has 5 rings (SSSR count). The van der Waals surface area contributed by atoms with Gasteiger partial charge >= 0.3 is 0 Å². The Morgan fingerprint density at radius 3 is 2.53 bits per heavy atom. The van der Waals surface area contributed by atoms with Crippen LogP contribution in [0.15, 0.2) is 24.5 Å². The molecule has 2 saturated heterocycles. The summed E-state index contributed by atoms with van der Waals surface area (Å²) in [6, 6.07) is 5.68. The number of ether oxygens (including phenoxy) is 4. The fraction of sp³-hybridized carbons (Fsp3) is 0.500. The molecule has 9 nitrogen and oxygen atoms in total. The molecule has 2 aliphatic heterocycles. The molecule has 1 N–H and O–H groups in total. The number of rotatable bonds is 5. The van der Waals surface area contributed by atoms with Crippen molar-refractivity contribution in [1.82, 2.24) is 19.5 Å². The quantitative estimate of drug-likeness (QED) is 0.658. The number of hydrogen-bond acceptors (Lipinski definition) is 9. The molecule has 160 valence electrons. The average molecular weight is 433 g/mol. The zero-order valence-corrected chi connectivity index (χ0v) is 17.7. The van der Waals surface area contributed by atoms with Gasteiger partial charge in [0, 0.05) is 25.9 Å². The summed E-state index contributed by atoms with van der Waals surface area (Å²) in [5, 5.41) is 15.1. The first-order valence-electron chi connectivity index (χ1n) is 9.89. The van der Waals surface area contributed by atoms with E-state index in [1.54, 1.807) is 14.2 Å². The van der Waals surface area contributed by atoms with Crippen LogP contribution in [0.3, 0.4) is 0 Å². The largest absolute Gasteiger partial charge is 0.493 e. The van der Waals surface area contributed by atoms with Crippen LogP contribution in [0.4, 0.5) is 0 Å². The van der Waals surface area contributed by atoms with E-state index < -0.39 is 5.79 Å². The van der Waals surface area contributed by atoms with E-state index in [0.717, 1.165) is 36.4 Å². The smallest absolute Gasteiger partial charge is 0.230 e. The molecule has 2 fully saturated rings. The van der Waals surface area contributed by atoms with Crippen LogP contribution in [-0.4, -0.2) is 70.9 Å². The minimum Gasteiger partial charge on any atom is -0.493 e. The molecule has 1 aromatic carbocycles. The Balaban J connectivity index is 1.54. The van der Waals surface area contributed by atoms with E-state index in [0.29, 0.717) is 29.7 Å². The van der Waals surface area contributed by atoms with Crippen LogP contribution >= 0.6 is 11.3 Å². The molecule has 2 aliphatic rings. The SMILES string of the molecule is COc1ccc(C(c2sc3ncnn3c2O)N2CCC3(CC2)OCCO3)cc1OC. The predicted molar refractivity (Wildman–Crippen MR) is 109 cm³/mol. The first-order valence-corrected chi connectivity index (χ1v) is 10.7. The molecule has 0 aliphatic carbocycles. The van der Waals surface area contributed by atoms with Crippen molar-refractivity contribution in [3.63, 3.8) is 0 Å². The number of fused-ring (bicyclic) bond motifs is 1. The normalized spacial score (nSPS) is 20.1. The molecule has 10 heteroatoms. The molecule has 0 bridgehead atoms. The Morgan fingerprint density at radius 1 is 1.13 bits per heavy atom. The molecule has 1 atom stereocenters. The van der Waals surface area contributed by atoms with Gasteiger partial charge in [-0.1, -0.05) is 17.4 Å². The molecule has 2 aromatic heterocycles. The molecule has 0 saturated carbocycles. The van der Waals surface area contributed by atoms with Crippen molar-refractivity contribution in [1.29, 1.82) is 0 Å². The van der Waals surface area contributed by atoms with Crippen LogP contribution in [0.5, 0.6) is 17.4 Å². The zero-order valence-electron chi connectivity index (χ0n) is 16.9. The molecule has 1 spiro atoms. The van der Waals surface area contributed by atoms with Crippen LogP contribution in [0.25, 0.3) is 4.96 Å². The van der Waals surface area contributed by atoms with Crippen molar-refractivity contribution < 1.29 is 24.1 Å². The summed E-state index contributed by atoms with van der Waals surface area (Å²) in [7, 11) is 3.24. The monoisotopic (exact) mass is 432 g/mol. The van der Waals surface area contributed by atoms with Gasteiger partial charge in [0.2, 0.25) is 10.8 Å². The number of benzene rings is 1. The fourth-order valence-corrected chi connectivity index (χ4v) is 5.42. The van der Waals surface area contributed by atoms with Crippen molar-refractivity contribution >= 4 is 16.3 Å². The number of hydrogen-bond donors (Lipinski definition) is 1. The van der Waals surface area contributed by atoms with Gasteiger partial charge in [-0.25, -0.2) is 4.98 Å². The van der Waals surface area contributed by atoms with E-state index in [4.69, 9.17) is 18.9 Å². The number of thiazole rings is 1. The molecular weight excluding hydrogens is 408 g/mol. The standard InChI is InChI=1S/C20H24N4O5S/c1-26-14-4-3-13(11-15(14)27-2)16(17-18(25)24-19(30-17)21-12-22-24)23-7-5-20(6-8-23)28-9-10-29-20/h3-4,11-12,16,25H,5-10H2,1-2H3. The second kappa shape index (κ2) is 7.69. The minimum atomic E-state index is -0.466. The maximum absolute atomic E-state index is 10.9. The Bertz CT molecular complexity index is 1040. The molecular formula is C20H24N4O5S. The third kappa shape index (κ3) is 3.20. The van der Waals surface area contributed by atoms with E-state index in [-0.39, 0.29) is 11.9 Å². The lowest BCUT2D eigenvalue weighted by Gasteiger charge is -2.41. The first kappa shape index (κ1) is 19.6. The summed E-state index contributed by atoms with van der Waals surface area (Å²) in [4.78, 5) is 8.03. The number of piperidine rings is 1. The van der Waals surface area contributed by atoms with Gasteiger partial charge in [-0.15, -0.1) is 0 Å². The van der Waals surface area contributed by atoms with Crippen LogP contribution in [0.1, 0.15) is 29.3 Å². The number of nitrogens with zero attached hydrogens (tertiary/aromatic N) is 4. The maximum atomic E-state index is 10.9. The third-order valence-corrected chi connectivity index (χ3v) is 6.94. The van der Waals surface area contributed by atoms with Gasteiger partial charge in [0.05, 0.1) is 38.4 Å². The highest BCUT2D eigenvalue weighted by Gasteiger charge is 2.42. The van der Waals surface area contributed by atoms with Crippen LogP contribution < -0.4 is 9.47 Å². The molecule has 3 aromatic rings.